The summed E-state index contributed by atoms with van der Waals surface area (Å²) in [4.78, 5) is 5.54. The van der Waals surface area contributed by atoms with E-state index in [1.54, 1.807) is 0 Å². The van der Waals surface area contributed by atoms with E-state index in [0.717, 1.165) is 22.2 Å². The van der Waals surface area contributed by atoms with Crippen LogP contribution in [0.25, 0.3) is 77.4 Å². The highest BCUT2D eigenvalue weighted by atomic mass is 14.7. The molecule has 1 heteroatoms. The average Bonchev–Trinajstić information content (AvgIpc) is 3.97. The summed E-state index contributed by atoms with van der Waals surface area (Å²) in [7, 11) is 0. The van der Waals surface area contributed by atoms with Crippen LogP contribution in [0.3, 0.4) is 0 Å². The highest BCUT2D eigenvalue weighted by Crippen LogP contribution is 2.64. The van der Waals surface area contributed by atoms with Gasteiger partial charge in [-0.05, 0) is 107 Å². The Morgan fingerprint density at radius 3 is 1.44 bits per heavy atom. The van der Waals surface area contributed by atoms with Gasteiger partial charge in [-0.25, -0.2) is 4.98 Å². The van der Waals surface area contributed by atoms with Gasteiger partial charge in [0.2, 0.25) is 0 Å². The van der Waals surface area contributed by atoms with Crippen LogP contribution in [-0.4, -0.2) is 4.98 Å². The maximum absolute atomic E-state index is 5.54. The lowest BCUT2D eigenvalue weighted by atomic mass is 9.67. The van der Waals surface area contributed by atoms with Gasteiger partial charge < -0.3 is 0 Å². The highest BCUT2D eigenvalue weighted by molar-refractivity contribution is 6.20. The predicted octanol–water partition coefficient (Wildman–Crippen LogP) is 15.4. The Balaban J connectivity index is 0.999. The molecule has 0 saturated carbocycles. The summed E-state index contributed by atoms with van der Waals surface area (Å²) < 4.78 is 0. The molecule has 0 bridgehead atoms. The van der Waals surface area contributed by atoms with Crippen molar-refractivity contribution in [1.29, 1.82) is 0 Å². The molecule has 1 aromatic heterocycles. The number of nitrogens with zero attached hydrogens (tertiary/aromatic N) is 1. The Morgan fingerprint density at radius 1 is 0.281 bits per heavy atom. The molecule has 0 unspecified atom stereocenters. The molecular formula is C63H39N. The fourth-order valence-electron chi connectivity index (χ4n) is 12.3. The first-order valence-electron chi connectivity index (χ1n) is 22.4. The molecule has 1 heterocycles. The van der Waals surface area contributed by atoms with Crippen molar-refractivity contribution in [1.82, 2.24) is 4.98 Å². The Hall–Kier alpha value is -8.13. The quantitative estimate of drug-likeness (QED) is 0.161. The van der Waals surface area contributed by atoms with Crippen LogP contribution < -0.4 is 0 Å². The molecule has 1 spiro atoms. The average molecular weight is 810 g/mol. The molecule has 1 nitrogen and oxygen atoms in total. The molecule has 296 valence electrons. The summed E-state index contributed by atoms with van der Waals surface area (Å²) in [6, 6.07) is 88.1. The van der Waals surface area contributed by atoms with Crippen LogP contribution in [0.5, 0.6) is 0 Å². The van der Waals surface area contributed by atoms with E-state index in [-0.39, 0.29) is 0 Å². The third-order valence-electron chi connectivity index (χ3n) is 14.8. The van der Waals surface area contributed by atoms with E-state index in [2.05, 4.69) is 237 Å². The van der Waals surface area contributed by atoms with Crippen molar-refractivity contribution in [3.63, 3.8) is 0 Å². The maximum atomic E-state index is 5.54. The molecule has 0 amide bonds. The first-order chi connectivity index (χ1) is 31.8. The SMILES string of the molecule is c1ccc(C2(c3ccccc3)c3ccccc3-c3ccc(-c4cccc(-c5nc6ccccc6c6c7c(ccc56)C5(c6ccccc6-c6ccccc65)c5ccccc5-7)c4)cc32)cc1. The summed E-state index contributed by atoms with van der Waals surface area (Å²) in [5.74, 6) is 0. The number of para-hydroxylation sites is 1. The summed E-state index contributed by atoms with van der Waals surface area (Å²) in [5, 5.41) is 3.61. The zero-order valence-electron chi connectivity index (χ0n) is 35.0. The fourth-order valence-corrected chi connectivity index (χ4v) is 12.3. The fraction of sp³-hybridized carbons (Fsp3) is 0.0317. The zero-order valence-corrected chi connectivity index (χ0v) is 35.0. The number of aromatic nitrogens is 1. The van der Waals surface area contributed by atoms with Crippen molar-refractivity contribution in [2.24, 2.45) is 0 Å². The minimum Gasteiger partial charge on any atom is -0.247 e. The van der Waals surface area contributed by atoms with Gasteiger partial charge in [-0.3, -0.25) is 0 Å². The van der Waals surface area contributed by atoms with Gasteiger partial charge >= 0.3 is 0 Å². The molecule has 11 aromatic rings. The standard InChI is InChI=1S/C63H39N/c1-3-20-43(21-4-1)62(44-22-5-2-6-23-44)52-29-12-7-26-47(52)48-35-34-41(39-57(48)62)40-18-17-19-42(38-40)61-51-36-37-56-60(59(51)50-28-11-16-33-58(50)64-61)49-27-10-15-32-55(49)63(56)53-30-13-8-24-45(53)46-25-9-14-31-54(46)63/h1-39H. The molecule has 0 radical (unpaired) electrons. The second kappa shape index (κ2) is 13.2. The monoisotopic (exact) mass is 809 g/mol. The number of hydrogen-bond donors (Lipinski definition) is 0. The van der Waals surface area contributed by atoms with Gasteiger partial charge in [0.15, 0.2) is 0 Å². The van der Waals surface area contributed by atoms with E-state index in [4.69, 9.17) is 4.98 Å². The van der Waals surface area contributed by atoms with Crippen LogP contribution in [-0.2, 0) is 10.8 Å². The van der Waals surface area contributed by atoms with Crippen molar-refractivity contribution >= 4 is 21.7 Å². The molecule has 0 saturated heterocycles. The third-order valence-corrected chi connectivity index (χ3v) is 14.8. The summed E-state index contributed by atoms with van der Waals surface area (Å²) in [6.07, 6.45) is 0. The molecule has 0 N–H and O–H groups in total. The predicted molar refractivity (Wildman–Crippen MR) is 264 cm³/mol. The number of fused-ring (bicyclic) bond motifs is 17. The van der Waals surface area contributed by atoms with E-state index in [1.165, 1.54) is 99.8 Å². The van der Waals surface area contributed by atoms with Gasteiger partial charge in [-0.2, -0.15) is 0 Å². The lowest BCUT2D eigenvalue weighted by molar-refractivity contribution is 0.769. The molecule has 64 heavy (non-hydrogen) atoms. The number of pyridine rings is 1. The van der Waals surface area contributed by atoms with E-state index in [9.17, 15) is 0 Å². The summed E-state index contributed by atoms with van der Waals surface area (Å²) >= 11 is 0. The summed E-state index contributed by atoms with van der Waals surface area (Å²) in [6.45, 7) is 0. The molecule has 14 rings (SSSR count). The first kappa shape index (κ1) is 35.5. The van der Waals surface area contributed by atoms with Gasteiger partial charge in [-0.15, -0.1) is 0 Å². The molecule has 10 aromatic carbocycles. The maximum Gasteiger partial charge on any atom is 0.0788 e. The van der Waals surface area contributed by atoms with Crippen LogP contribution >= 0.6 is 0 Å². The van der Waals surface area contributed by atoms with Gasteiger partial charge in [0, 0.05) is 21.7 Å². The van der Waals surface area contributed by atoms with Crippen LogP contribution in [0.4, 0.5) is 0 Å². The minimum absolute atomic E-state index is 0.417. The normalized spacial score (nSPS) is 14.2. The molecule has 0 aliphatic heterocycles. The number of rotatable bonds is 4. The number of hydrogen-bond acceptors (Lipinski definition) is 1. The Kier molecular flexibility index (Phi) is 7.31. The molecule has 0 atom stereocenters. The lowest BCUT2D eigenvalue weighted by Gasteiger charge is -2.34. The molecule has 3 aliphatic carbocycles. The van der Waals surface area contributed by atoms with Crippen molar-refractivity contribution in [2.45, 2.75) is 10.8 Å². The zero-order chi connectivity index (χ0) is 42.0. The Bertz CT molecular complexity index is 3640. The molecule has 0 fully saturated rings. The van der Waals surface area contributed by atoms with Crippen molar-refractivity contribution < 1.29 is 0 Å². The number of benzene rings is 10. The van der Waals surface area contributed by atoms with Crippen LogP contribution in [0.2, 0.25) is 0 Å². The smallest absolute Gasteiger partial charge is 0.0788 e. The van der Waals surface area contributed by atoms with Gasteiger partial charge in [-0.1, -0.05) is 218 Å². The van der Waals surface area contributed by atoms with E-state index in [0.29, 0.717) is 0 Å². The second-order valence-corrected chi connectivity index (χ2v) is 17.6. The second-order valence-electron chi connectivity index (χ2n) is 17.6. The third kappa shape index (κ3) is 4.50. The van der Waals surface area contributed by atoms with Crippen molar-refractivity contribution in [2.75, 3.05) is 0 Å². The van der Waals surface area contributed by atoms with E-state index < -0.39 is 10.8 Å². The van der Waals surface area contributed by atoms with Crippen LogP contribution in [0, 0.1) is 0 Å². The largest absolute Gasteiger partial charge is 0.247 e. The Morgan fingerprint density at radius 2 is 0.781 bits per heavy atom. The summed E-state index contributed by atoms with van der Waals surface area (Å²) in [5.41, 5.74) is 23.0. The van der Waals surface area contributed by atoms with Crippen LogP contribution in [0.1, 0.15) is 44.5 Å². The van der Waals surface area contributed by atoms with Crippen molar-refractivity contribution in [3.8, 4) is 55.8 Å². The van der Waals surface area contributed by atoms with Gasteiger partial charge in [0.25, 0.3) is 0 Å². The topological polar surface area (TPSA) is 12.9 Å². The molecule has 3 aliphatic rings. The van der Waals surface area contributed by atoms with E-state index >= 15 is 0 Å². The van der Waals surface area contributed by atoms with Gasteiger partial charge in [0.05, 0.1) is 22.0 Å². The van der Waals surface area contributed by atoms with Crippen molar-refractivity contribution in [3.05, 3.63) is 281 Å². The first-order valence-corrected chi connectivity index (χ1v) is 22.4. The van der Waals surface area contributed by atoms with Crippen LogP contribution in [0.15, 0.2) is 237 Å². The minimum atomic E-state index is -0.466. The van der Waals surface area contributed by atoms with Gasteiger partial charge in [0.1, 0.15) is 0 Å². The Labute approximate surface area is 372 Å². The van der Waals surface area contributed by atoms with E-state index in [1.807, 2.05) is 0 Å². The molecular weight excluding hydrogens is 771 g/mol. The lowest BCUT2D eigenvalue weighted by Crippen LogP contribution is -2.28. The highest BCUT2D eigenvalue weighted by Gasteiger charge is 2.52.